The third kappa shape index (κ3) is 5.58. The lowest BCUT2D eigenvalue weighted by Crippen LogP contribution is -2.16. The minimum Gasteiger partial charge on any atom is -0.491 e. The molecule has 2 N–H and O–H groups in total. The second kappa shape index (κ2) is 8.79. The van der Waals surface area contributed by atoms with Crippen molar-refractivity contribution in [2.24, 2.45) is 0 Å². The number of nitrogens with one attached hydrogen (secondary N) is 2. The second-order valence-electron chi connectivity index (χ2n) is 6.65. The van der Waals surface area contributed by atoms with Gasteiger partial charge < -0.3 is 10.1 Å². The van der Waals surface area contributed by atoms with Crippen LogP contribution < -0.4 is 14.8 Å². The predicted octanol–water partition coefficient (Wildman–Crippen LogP) is 4.53. The fraction of sp³-hybridized carbons (Fsp3) is 0.136. The van der Waals surface area contributed by atoms with E-state index in [-0.39, 0.29) is 16.6 Å². The molecule has 29 heavy (non-hydrogen) atoms. The lowest BCUT2D eigenvalue weighted by molar-refractivity contribution is 0.102. The number of rotatable bonds is 7. The summed E-state index contributed by atoms with van der Waals surface area (Å²) in [5, 5.41) is 2.77. The molecule has 0 spiro atoms. The number of benzene rings is 3. The third-order valence-electron chi connectivity index (χ3n) is 3.90. The zero-order chi connectivity index (χ0) is 20.9. The van der Waals surface area contributed by atoms with Crippen LogP contribution in [0.15, 0.2) is 83.8 Å². The van der Waals surface area contributed by atoms with E-state index < -0.39 is 15.9 Å². The molecule has 0 aliphatic rings. The van der Waals surface area contributed by atoms with E-state index in [0.717, 1.165) is 0 Å². The molecule has 3 aromatic carbocycles. The van der Waals surface area contributed by atoms with Crippen molar-refractivity contribution in [3.63, 3.8) is 0 Å². The number of hydrogen-bond acceptors (Lipinski definition) is 4. The molecule has 0 fully saturated rings. The largest absolute Gasteiger partial charge is 0.491 e. The van der Waals surface area contributed by atoms with Crippen LogP contribution in [0.4, 0.5) is 11.4 Å². The average molecular weight is 410 g/mol. The van der Waals surface area contributed by atoms with Gasteiger partial charge in [-0.1, -0.05) is 30.3 Å². The zero-order valence-electron chi connectivity index (χ0n) is 16.1. The molecule has 7 heteroatoms. The predicted molar refractivity (Wildman–Crippen MR) is 114 cm³/mol. The maximum atomic E-state index is 12.6. The average Bonchev–Trinajstić information content (AvgIpc) is 2.68. The Labute approximate surface area is 170 Å². The number of sulfonamides is 1. The van der Waals surface area contributed by atoms with Crippen molar-refractivity contribution in [1.29, 1.82) is 0 Å². The van der Waals surface area contributed by atoms with Gasteiger partial charge in [-0.2, -0.15) is 0 Å². The standard InChI is InChI=1S/C22H22N2O4S/c1-16(2)28-20-12-7-11-19(15-20)23-22(25)17-8-6-13-21(14-17)29(26,27)24-18-9-4-3-5-10-18/h3-16,24H,1-2H3,(H,23,25). The Morgan fingerprint density at radius 1 is 0.862 bits per heavy atom. The van der Waals surface area contributed by atoms with Crippen LogP contribution in [0.2, 0.25) is 0 Å². The molecule has 0 saturated carbocycles. The molecule has 0 atom stereocenters. The number of carbonyl (C=O) groups excluding carboxylic acids is 1. The Bertz CT molecular complexity index is 1100. The maximum Gasteiger partial charge on any atom is 0.261 e. The van der Waals surface area contributed by atoms with Crippen LogP contribution in [0.1, 0.15) is 24.2 Å². The van der Waals surface area contributed by atoms with Crippen molar-refractivity contribution in [3.05, 3.63) is 84.4 Å². The Morgan fingerprint density at radius 2 is 1.55 bits per heavy atom. The van der Waals surface area contributed by atoms with Gasteiger partial charge in [0.25, 0.3) is 15.9 Å². The summed E-state index contributed by atoms with van der Waals surface area (Å²) in [7, 11) is -3.81. The molecular formula is C22H22N2O4S. The van der Waals surface area contributed by atoms with E-state index in [4.69, 9.17) is 4.74 Å². The van der Waals surface area contributed by atoms with Gasteiger partial charge in [0, 0.05) is 23.0 Å². The van der Waals surface area contributed by atoms with Crippen molar-refractivity contribution < 1.29 is 17.9 Å². The number of anilines is 2. The summed E-state index contributed by atoms with van der Waals surface area (Å²) in [5.74, 6) is 0.227. The normalized spacial score (nSPS) is 11.1. The SMILES string of the molecule is CC(C)Oc1cccc(NC(=O)c2cccc(S(=O)(=O)Nc3ccccc3)c2)c1. The molecule has 0 unspecified atom stereocenters. The first-order valence-electron chi connectivity index (χ1n) is 9.09. The highest BCUT2D eigenvalue weighted by atomic mass is 32.2. The Hall–Kier alpha value is -3.32. The first-order chi connectivity index (χ1) is 13.8. The van der Waals surface area contributed by atoms with E-state index >= 15 is 0 Å². The number of hydrogen-bond donors (Lipinski definition) is 2. The molecule has 0 aliphatic heterocycles. The first-order valence-corrected chi connectivity index (χ1v) is 10.6. The van der Waals surface area contributed by atoms with Gasteiger partial charge in [0.2, 0.25) is 0 Å². The molecule has 0 radical (unpaired) electrons. The molecule has 0 heterocycles. The van der Waals surface area contributed by atoms with Gasteiger partial charge in [0.1, 0.15) is 5.75 Å². The molecule has 3 rings (SSSR count). The van der Waals surface area contributed by atoms with E-state index in [9.17, 15) is 13.2 Å². The van der Waals surface area contributed by atoms with Crippen LogP contribution in [0.3, 0.4) is 0 Å². The van der Waals surface area contributed by atoms with Crippen molar-refractivity contribution in [2.45, 2.75) is 24.8 Å². The smallest absolute Gasteiger partial charge is 0.261 e. The van der Waals surface area contributed by atoms with Gasteiger partial charge in [0.05, 0.1) is 11.0 Å². The molecule has 150 valence electrons. The van der Waals surface area contributed by atoms with Gasteiger partial charge in [-0.3, -0.25) is 9.52 Å². The minimum atomic E-state index is -3.81. The van der Waals surface area contributed by atoms with E-state index in [0.29, 0.717) is 17.1 Å². The van der Waals surface area contributed by atoms with Crippen LogP contribution >= 0.6 is 0 Å². The van der Waals surface area contributed by atoms with Crippen LogP contribution in [-0.4, -0.2) is 20.4 Å². The number of para-hydroxylation sites is 1. The Kier molecular flexibility index (Phi) is 6.19. The summed E-state index contributed by atoms with van der Waals surface area (Å²) in [5.41, 5.74) is 1.24. The summed E-state index contributed by atoms with van der Waals surface area (Å²) in [6.45, 7) is 3.83. The highest BCUT2D eigenvalue weighted by Crippen LogP contribution is 2.21. The van der Waals surface area contributed by atoms with Gasteiger partial charge in [-0.15, -0.1) is 0 Å². The highest BCUT2D eigenvalue weighted by molar-refractivity contribution is 7.92. The number of ether oxygens (including phenoxy) is 1. The lowest BCUT2D eigenvalue weighted by atomic mass is 10.2. The minimum absolute atomic E-state index is 0.00546. The molecule has 0 aliphatic carbocycles. The van der Waals surface area contributed by atoms with Crippen LogP contribution in [0.25, 0.3) is 0 Å². The maximum absolute atomic E-state index is 12.6. The fourth-order valence-electron chi connectivity index (χ4n) is 2.65. The van der Waals surface area contributed by atoms with E-state index in [1.54, 1.807) is 60.7 Å². The van der Waals surface area contributed by atoms with Gasteiger partial charge >= 0.3 is 0 Å². The Morgan fingerprint density at radius 3 is 2.28 bits per heavy atom. The first kappa shape index (κ1) is 20.4. The molecule has 0 aromatic heterocycles. The van der Waals surface area contributed by atoms with Gasteiger partial charge in [-0.05, 0) is 56.3 Å². The van der Waals surface area contributed by atoms with E-state index in [1.165, 1.54) is 18.2 Å². The van der Waals surface area contributed by atoms with Gasteiger partial charge in [0.15, 0.2) is 0 Å². The van der Waals surface area contributed by atoms with E-state index in [2.05, 4.69) is 10.0 Å². The van der Waals surface area contributed by atoms with Crippen molar-refractivity contribution in [1.82, 2.24) is 0 Å². The molecule has 0 saturated heterocycles. The van der Waals surface area contributed by atoms with Gasteiger partial charge in [-0.25, -0.2) is 8.42 Å². The van der Waals surface area contributed by atoms with Crippen molar-refractivity contribution in [2.75, 3.05) is 10.0 Å². The van der Waals surface area contributed by atoms with Crippen molar-refractivity contribution >= 4 is 27.3 Å². The lowest BCUT2D eigenvalue weighted by Gasteiger charge is -2.12. The Balaban J connectivity index is 1.77. The quantitative estimate of drug-likeness (QED) is 0.599. The monoisotopic (exact) mass is 410 g/mol. The molecule has 3 aromatic rings. The molecule has 1 amide bonds. The summed E-state index contributed by atoms with van der Waals surface area (Å²) in [6, 6.07) is 21.5. The molecule has 0 bridgehead atoms. The van der Waals surface area contributed by atoms with Crippen LogP contribution in [0, 0.1) is 0 Å². The highest BCUT2D eigenvalue weighted by Gasteiger charge is 2.16. The van der Waals surface area contributed by atoms with E-state index in [1.807, 2.05) is 13.8 Å². The molecule has 6 nitrogen and oxygen atoms in total. The summed E-state index contributed by atoms with van der Waals surface area (Å²) >= 11 is 0. The van der Waals surface area contributed by atoms with Crippen LogP contribution in [-0.2, 0) is 10.0 Å². The summed E-state index contributed by atoms with van der Waals surface area (Å²) in [6.07, 6.45) is 0.0138. The van der Waals surface area contributed by atoms with Crippen molar-refractivity contribution in [3.8, 4) is 5.75 Å². The molecular weight excluding hydrogens is 388 g/mol. The second-order valence-corrected chi connectivity index (χ2v) is 8.33. The third-order valence-corrected chi connectivity index (χ3v) is 5.28. The fourth-order valence-corrected chi connectivity index (χ4v) is 3.75. The topological polar surface area (TPSA) is 84.5 Å². The summed E-state index contributed by atoms with van der Waals surface area (Å²) < 4.78 is 33.4. The number of carbonyl (C=O) groups is 1. The zero-order valence-corrected chi connectivity index (χ0v) is 16.9. The summed E-state index contributed by atoms with van der Waals surface area (Å²) in [4.78, 5) is 12.6. The van der Waals surface area contributed by atoms with Crippen LogP contribution in [0.5, 0.6) is 5.75 Å². The number of amides is 1.